The SMILES string of the molecule is CCOc1ccc(CC(=O)OCC(=O)Nc2ccc(NC(C)=O)cc2)cc1OCC. The van der Waals surface area contributed by atoms with E-state index in [1.807, 2.05) is 13.8 Å². The lowest BCUT2D eigenvalue weighted by atomic mass is 10.1. The smallest absolute Gasteiger partial charge is 0.310 e. The van der Waals surface area contributed by atoms with Gasteiger partial charge in [0.1, 0.15) is 0 Å². The fourth-order valence-electron chi connectivity index (χ4n) is 2.61. The van der Waals surface area contributed by atoms with Crippen LogP contribution in [0.1, 0.15) is 26.3 Å². The van der Waals surface area contributed by atoms with Crippen LogP contribution in [-0.2, 0) is 25.5 Å². The summed E-state index contributed by atoms with van der Waals surface area (Å²) in [5.41, 5.74) is 1.84. The number of hydrogen-bond donors (Lipinski definition) is 2. The van der Waals surface area contributed by atoms with Gasteiger partial charge in [-0.15, -0.1) is 0 Å². The summed E-state index contributed by atoms with van der Waals surface area (Å²) in [5, 5.41) is 5.26. The molecule has 2 aromatic rings. The molecular weight excluding hydrogens is 388 g/mol. The van der Waals surface area contributed by atoms with Crippen molar-refractivity contribution in [1.29, 1.82) is 0 Å². The average molecular weight is 414 g/mol. The monoisotopic (exact) mass is 414 g/mol. The normalized spacial score (nSPS) is 10.1. The van der Waals surface area contributed by atoms with Crippen LogP contribution in [0.2, 0.25) is 0 Å². The molecule has 0 aliphatic rings. The molecule has 0 saturated heterocycles. The van der Waals surface area contributed by atoms with Gasteiger partial charge in [-0.1, -0.05) is 6.07 Å². The number of amides is 2. The predicted molar refractivity (Wildman–Crippen MR) is 113 cm³/mol. The van der Waals surface area contributed by atoms with Crippen molar-refractivity contribution in [3.05, 3.63) is 48.0 Å². The third-order valence-electron chi connectivity index (χ3n) is 3.81. The maximum Gasteiger partial charge on any atom is 0.310 e. The van der Waals surface area contributed by atoms with Crippen molar-refractivity contribution in [3.63, 3.8) is 0 Å². The Morgan fingerprint density at radius 1 is 0.833 bits per heavy atom. The van der Waals surface area contributed by atoms with Crippen LogP contribution in [0.4, 0.5) is 11.4 Å². The molecule has 2 N–H and O–H groups in total. The summed E-state index contributed by atoms with van der Waals surface area (Å²) in [6.07, 6.45) is 0.00513. The molecule has 0 saturated carbocycles. The first kappa shape index (κ1) is 22.7. The van der Waals surface area contributed by atoms with Crippen molar-refractivity contribution in [3.8, 4) is 11.5 Å². The molecule has 0 aliphatic heterocycles. The van der Waals surface area contributed by atoms with Crippen molar-refractivity contribution >= 4 is 29.2 Å². The van der Waals surface area contributed by atoms with E-state index in [0.29, 0.717) is 41.7 Å². The van der Waals surface area contributed by atoms with Gasteiger partial charge in [0.15, 0.2) is 18.1 Å². The quantitative estimate of drug-likeness (QED) is 0.579. The predicted octanol–water partition coefficient (Wildman–Crippen LogP) is 3.17. The molecule has 2 rings (SSSR count). The highest BCUT2D eigenvalue weighted by Crippen LogP contribution is 2.28. The van der Waals surface area contributed by atoms with Crippen LogP contribution in [0, 0.1) is 0 Å². The Morgan fingerprint density at radius 3 is 2.03 bits per heavy atom. The lowest BCUT2D eigenvalue weighted by Gasteiger charge is -2.12. The number of anilines is 2. The first-order valence-electron chi connectivity index (χ1n) is 9.63. The van der Waals surface area contributed by atoms with Crippen molar-refractivity contribution in [2.24, 2.45) is 0 Å². The second kappa shape index (κ2) is 11.5. The van der Waals surface area contributed by atoms with Gasteiger partial charge in [-0.05, 0) is 55.8 Å². The molecule has 30 heavy (non-hydrogen) atoms. The van der Waals surface area contributed by atoms with Gasteiger partial charge in [-0.3, -0.25) is 14.4 Å². The Hall–Kier alpha value is -3.55. The first-order chi connectivity index (χ1) is 14.4. The van der Waals surface area contributed by atoms with Gasteiger partial charge < -0.3 is 24.8 Å². The van der Waals surface area contributed by atoms with E-state index in [1.54, 1.807) is 42.5 Å². The second-order valence-corrected chi connectivity index (χ2v) is 6.29. The molecular formula is C22H26N2O6. The van der Waals surface area contributed by atoms with E-state index in [4.69, 9.17) is 14.2 Å². The van der Waals surface area contributed by atoms with E-state index in [0.717, 1.165) is 0 Å². The number of ether oxygens (including phenoxy) is 3. The maximum atomic E-state index is 12.1. The van der Waals surface area contributed by atoms with Crippen LogP contribution in [0.25, 0.3) is 0 Å². The highest BCUT2D eigenvalue weighted by molar-refractivity contribution is 5.93. The average Bonchev–Trinajstić information content (AvgIpc) is 2.70. The highest BCUT2D eigenvalue weighted by atomic mass is 16.5. The van der Waals surface area contributed by atoms with Crippen molar-refractivity contribution in [1.82, 2.24) is 0 Å². The van der Waals surface area contributed by atoms with Gasteiger partial charge in [0.05, 0.1) is 19.6 Å². The number of benzene rings is 2. The van der Waals surface area contributed by atoms with E-state index in [1.165, 1.54) is 6.92 Å². The van der Waals surface area contributed by atoms with Crippen LogP contribution in [0.15, 0.2) is 42.5 Å². The maximum absolute atomic E-state index is 12.1. The van der Waals surface area contributed by atoms with Crippen LogP contribution < -0.4 is 20.1 Å². The molecule has 0 aliphatic carbocycles. The largest absolute Gasteiger partial charge is 0.490 e. The summed E-state index contributed by atoms with van der Waals surface area (Å²) < 4.78 is 16.1. The Kier molecular flexibility index (Phi) is 8.68. The molecule has 2 aromatic carbocycles. The van der Waals surface area contributed by atoms with Gasteiger partial charge in [-0.25, -0.2) is 0 Å². The third-order valence-corrected chi connectivity index (χ3v) is 3.81. The molecule has 0 bridgehead atoms. The lowest BCUT2D eigenvalue weighted by molar-refractivity contribution is -0.146. The Balaban J connectivity index is 1.84. The molecule has 0 heterocycles. The molecule has 160 valence electrons. The molecule has 0 spiro atoms. The number of carbonyl (C=O) groups is 3. The second-order valence-electron chi connectivity index (χ2n) is 6.29. The molecule has 2 amide bonds. The lowest BCUT2D eigenvalue weighted by Crippen LogP contribution is -2.21. The minimum atomic E-state index is -0.530. The van der Waals surface area contributed by atoms with Gasteiger partial charge in [0.2, 0.25) is 5.91 Å². The fourth-order valence-corrected chi connectivity index (χ4v) is 2.61. The highest BCUT2D eigenvalue weighted by Gasteiger charge is 2.12. The standard InChI is InChI=1S/C22H26N2O6/c1-4-28-19-11-6-16(12-20(19)29-5-2)13-22(27)30-14-21(26)24-18-9-7-17(8-10-18)23-15(3)25/h6-12H,4-5,13-14H2,1-3H3,(H,23,25)(H,24,26). The molecule has 0 atom stereocenters. The summed E-state index contributed by atoms with van der Waals surface area (Å²) in [5.74, 6) is 0.000152. The summed E-state index contributed by atoms with van der Waals surface area (Å²) >= 11 is 0. The minimum absolute atomic E-state index is 0.00513. The number of esters is 1. The summed E-state index contributed by atoms with van der Waals surface area (Å²) in [6, 6.07) is 11.8. The Morgan fingerprint density at radius 2 is 1.43 bits per heavy atom. The molecule has 8 nitrogen and oxygen atoms in total. The summed E-state index contributed by atoms with van der Waals surface area (Å²) in [7, 11) is 0. The topological polar surface area (TPSA) is 103 Å². The van der Waals surface area contributed by atoms with Crippen molar-refractivity contribution in [2.45, 2.75) is 27.2 Å². The third kappa shape index (κ3) is 7.46. The van der Waals surface area contributed by atoms with E-state index < -0.39 is 18.5 Å². The van der Waals surface area contributed by atoms with E-state index >= 15 is 0 Å². The van der Waals surface area contributed by atoms with Gasteiger partial charge in [-0.2, -0.15) is 0 Å². The zero-order valence-corrected chi connectivity index (χ0v) is 17.3. The van der Waals surface area contributed by atoms with Gasteiger partial charge in [0, 0.05) is 18.3 Å². The summed E-state index contributed by atoms with van der Waals surface area (Å²) in [4.78, 5) is 35.1. The Labute approximate surface area is 175 Å². The Bertz CT molecular complexity index is 880. The molecule has 0 unspecified atom stereocenters. The minimum Gasteiger partial charge on any atom is -0.490 e. The zero-order chi connectivity index (χ0) is 21.9. The summed E-state index contributed by atoms with van der Waals surface area (Å²) in [6.45, 7) is 5.73. The zero-order valence-electron chi connectivity index (χ0n) is 17.3. The van der Waals surface area contributed by atoms with Crippen molar-refractivity contribution < 1.29 is 28.6 Å². The van der Waals surface area contributed by atoms with Gasteiger partial charge in [0.25, 0.3) is 5.91 Å². The van der Waals surface area contributed by atoms with Crippen LogP contribution in [0.5, 0.6) is 11.5 Å². The number of nitrogens with one attached hydrogen (secondary N) is 2. The van der Waals surface area contributed by atoms with E-state index in [9.17, 15) is 14.4 Å². The first-order valence-corrected chi connectivity index (χ1v) is 9.63. The van der Waals surface area contributed by atoms with Crippen LogP contribution in [-0.4, -0.2) is 37.6 Å². The molecule has 0 radical (unpaired) electrons. The van der Waals surface area contributed by atoms with E-state index in [2.05, 4.69) is 10.6 Å². The number of carbonyl (C=O) groups excluding carboxylic acids is 3. The number of hydrogen-bond acceptors (Lipinski definition) is 6. The van der Waals surface area contributed by atoms with Crippen LogP contribution in [0.3, 0.4) is 0 Å². The van der Waals surface area contributed by atoms with Crippen molar-refractivity contribution in [2.75, 3.05) is 30.5 Å². The fraction of sp³-hybridized carbons (Fsp3) is 0.318. The molecule has 0 fully saturated rings. The van der Waals surface area contributed by atoms with Crippen LogP contribution >= 0.6 is 0 Å². The number of rotatable bonds is 10. The van der Waals surface area contributed by atoms with Gasteiger partial charge >= 0.3 is 5.97 Å². The molecule has 8 heteroatoms. The molecule has 0 aromatic heterocycles. The van der Waals surface area contributed by atoms with E-state index in [-0.39, 0.29) is 12.3 Å².